The highest BCUT2D eigenvalue weighted by molar-refractivity contribution is 7.00. The molecular formula is C81H54BN7. The van der Waals surface area contributed by atoms with Gasteiger partial charge < -0.3 is 14.4 Å². The molecule has 2 aliphatic rings. The standard InChI is InChI=1S/C81H54BN7/c1-53-40-46-73-64(48-53)63-32-14-17-35-72(63)89(73)74-47-43-60(71-51-68(55-22-6-2-7-23-55)83-80(84-71)57-26-10-4-11-27-57)50-65(74)81-85-69(56-24-8-3-9-25-56)52-70(86-81)59-29-20-28-58(49-59)54-41-44-62(45-42-54)88-76-37-19-16-34-67(76)82-66-33-15-18-36-75(66)87(61-30-12-5-13-31-61)77-38-21-39-78(88)79(77)82/h2-52H,1H3. The number of fused-ring (bicyclic) bond motifs is 7. The molecule has 0 N–H and O–H groups in total. The van der Waals surface area contributed by atoms with E-state index in [-0.39, 0.29) is 6.71 Å². The molecule has 15 aromatic rings. The lowest BCUT2D eigenvalue weighted by Gasteiger charge is -2.44. The van der Waals surface area contributed by atoms with Crippen LogP contribution in [0, 0.1) is 6.92 Å². The molecule has 0 aliphatic carbocycles. The van der Waals surface area contributed by atoms with E-state index in [1.807, 2.05) is 24.3 Å². The molecule has 12 aromatic carbocycles. The van der Waals surface area contributed by atoms with E-state index in [9.17, 15) is 0 Å². The predicted octanol–water partition coefficient (Wildman–Crippen LogP) is 18.4. The number of hydrogen-bond acceptors (Lipinski definition) is 6. The monoisotopic (exact) mass is 1140 g/mol. The lowest BCUT2D eigenvalue weighted by Crippen LogP contribution is -2.61. The maximum Gasteiger partial charge on any atom is 0.252 e. The normalized spacial score (nSPS) is 12.3. The van der Waals surface area contributed by atoms with E-state index in [0.29, 0.717) is 11.6 Å². The molecule has 0 atom stereocenters. The molecule has 0 unspecified atom stereocenters. The van der Waals surface area contributed by atoms with Crippen molar-refractivity contribution in [3.05, 3.63) is 315 Å². The highest BCUT2D eigenvalue weighted by Crippen LogP contribution is 2.45. The van der Waals surface area contributed by atoms with E-state index < -0.39 is 0 Å². The van der Waals surface area contributed by atoms with E-state index >= 15 is 0 Å². The third kappa shape index (κ3) is 8.91. The molecule has 17 rings (SSSR count). The molecule has 0 fully saturated rings. The Hall–Kier alpha value is -11.7. The molecule has 0 spiro atoms. The Labute approximate surface area is 516 Å². The fourth-order valence-electron chi connectivity index (χ4n) is 13.6. The van der Waals surface area contributed by atoms with Crippen LogP contribution < -0.4 is 26.2 Å². The number of nitrogens with zero attached hydrogens (tertiary/aromatic N) is 7. The molecule has 3 aromatic heterocycles. The number of anilines is 6. The second-order valence-corrected chi connectivity index (χ2v) is 23.0. The van der Waals surface area contributed by atoms with Gasteiger partial charge in [0.05, 0.1) is 39.5 Å². The van der Waals surface area contributed by atoms with Gasteiger partial charge in [0.25, 0.3) is 6.71 Å². The van der Waals surface area contributed by atoms with Crippen molar-refractivity contribution in [3.63, 3.8) is 0 Å². The van der Waals surface area contributed by atoms with Crippen molar-refractivity contribution in [2.24, 2.45) is 0 Å². The first-order valence-electron chi connectivity index (χ1n) is 30.3. The molecule has 89 heavy (non-hydrogen) atoms. The zero-order valence-electron chi connectivity index (χ0n) is 48.7. The maximum atomic E-state index is 5.66. The molecule has 0 amide bonds. The summed E-state index contributed by atoms with van der Waals surface area (Å²) in [6.07, 6.45) is 0. The smallest absolute Gasteiger partial charge is 0.252 e. The molecule has 2 aliphatic heterocycles. The molecule has 0 radical (unpaired) electrons. The summed E-state index contributed by atoms with van der Waals surface area (Å²) in [6, 6.07) is 111. The van der Waals surface area contributed by atoms with Crippen LogP contribution in [0.3, 0.4) is 0 Å². The van der Waals surface area contributed by atoms with Crippen LogP contribution >= 0.6 is 0 Å². The van der Waals surface area contributed by atoms with E-state index in [1.165, 1.54) is 55.5 Å². The van der Waals surface area contributed by atoms with Gasteiger partial charge in [0.15, 0.2) is 11.6 Å². The van der Waals surface area contributed by atoms with Crippen LogP contribution in [0.2, 0.25) is 0 Å². The van der Waals surface area contributed by atoms with Crippen LogP contribution in [0.1, 0.15) is 5.56 Å². The van der Waals surface area contributed by atoms with Gasteiger partial charge >= 0.3 is 0 Å². The number of benzene rings is 12. The lowest BCUT2D eigenvalue weighted by atomic mass is 9.33. The maximum absolute atomic E-state index is 5.66. The van der Waals surface area contributed by atoms with Crippen LogP contribution in [0.5, 0.6) is 0 Å². The Morgan fingerprint density at radius 2 is 0.742 bits per heavy atom. The number of aromatic nitrogens is 5. The highest BCUT2D eigenvalue weighted by atomic mass is 15.2. The quantitative estimate of drug-likeness (QED) is 0.127. The zero-order chi connectivity index (χ0) is 58.9. The molecule has 0 saturated carbocycles. The average molecular weight is 1140 g/mol. The summed E-state index contributed by atoms with van der Waals surface area (Å²) < 4.78 is 2.38. The van der Waals surface area contributed by atoms with E-state index in [4.69, 9.17) is 19.9 Å². The Bertz CT molecular complexity index is 5170. The first kappa shape index (κ1) is 51.7. The highest BCUT2D eigenvalue weighted by Gasteiger charge is 2.43. The number of aryl methyl sites for hydroxylation is 1. The van der Waals surface area contributed by atoms with Crippen molar-refractivity contribution in [2.75, 3.05) is 9.80 Å². The minimum absolute atomic E-state index is 0.0738. The van der Waals surface area contributed by atoms with Gasteiger partial charge in [-0.25, -0.2) is 19.9 Å². The van der Waals surface area contributed by atoms with Crippen molar-refractivity contribution in [1.29, 1.82) is 0 Å². The third-order valence-corrected chi connectivity index (χ3v) is 17.7. The SMILES string of the molecule is Cc1ccc2c(c1)c1ccccc1n2-c1ccc(-c2cc(-c3ccccc3)nc(-c3ccccc3)n2)cc1-c1nc(-c2ccccc2)cc(-c2cccc(-c3ccc(N4c5ccccc5B5c6ccccc6N(c6ccccc6)c6cccc4c65)cc3)c2)n1. The van der Waals surface area contributed by atoms with Gasteiger partial charge in [-0.15, -0.1) is 0 Å². The summed E-state index contributed by atoms with van der Waals surface area (Å²) >= 11 is 0. The first-order valence-corrected chi connectivity index (χ1v) is 30.3. The molecule has 5 heterocycles. The lowest BCUT2D eigenvalue weighted by molar-refractivity contribution is 1.13. The van der Waals surface area contributed by atoms with Crippen LogP contribution in [0.25, 0.3) is 106 Å². The summed E-state index contributed by atoms with van der Waals surface area (Å²) in [4.78, 5) is 26.6. The van der Waals surface area contributed by atoms with Crippen molar-refractivity contribution in [3.8, 4) is 84.6 Å². The van der Waals surface area contributed by atoms with Gasteiger partial charge in [0.1, 0.15) is 0 Å². The molecule has 8 heteroatoms. The van der Waals surface area contributed by atoms with Crippen LogP contribution in [0.4, 0.5) is 34.1 Å². The number of rotatable bonds is 10. The number of para-hydroxylation sites is 4. The average Bonchev–Trinajstić information content (AvgIpc) is 1.13. The van der Waals surface area contributed by atoms with Crippen LogP contribution in [0.15, 0.2) is 309 Å². The minimum atomic E-state index is 0.0738. The van der Waals surface area contributed by atoms with Crippen molar-refractivity contribution in [2.45, 2.75) is 6.92 Å². The summed E-state index contributed by atoms with van der Waals surface area (Å²) in [7, 11) is 0. The second kappa shape index (κ2) is 21.3. The van der Waals surface area contributed by atoms with E-state index in [0.717, 1.165) is 95.4 Å². The summed E-state index contributed by atoms with van der Waals surface area (Å²) in [5.41, 5.74) is 26.4. The van der Waals surface area contributed by atoms with Gasteiger partial charge in [0, 0.05) is 78.3 Å². The first-order chi connectivity index (χ1) is 44.0. The molecule has 416 valence electrons. The fraction of sp³-hybridized carbons (Fsp3) is 0.0123. The Morgan fingerprint density at radius 3 is 1.38 bits per heavy atom. The summed E-state index contributed by atoms with van der Waals surface area (Å²) in [6.45, 7) is 2.23. The Balaban J connectivity index is 0.808. The Kier molecular flexibility index (Phi) is 12.4. The minimum Gasteiger partial charge on any atom is -0.311 e. The van der Waals surface area contributed by atoms with Gasteiger partial charge in [-0.2, -0.15) is 0 Å². The molecule has 0 saturated heterocycles. The van der Waals surface area contributed by atoms with Crippen molar-refractivity contribution < 1.29 is 0 Å². The summed E-state index contributed by atoms with van der Waals surface area (Å²) in [5, 5.41) is 2.36. The van der Waals surface area contributed by atoms with Crippen LogP contribution in [-0.4, -0.2) is 31.2 Å². The van der Waals surface area contributed by atoms with Gasteiger partial charge in [-0.3, -0.25) is 0 Å². The van der Waals surface area contributed by atoms with Gasteiger partial charge in [-0.05, 0) is 132 Å². The number of hydrogen-bond donors (Lipinski definition) is 0. The topological polar surface area (TPSA) is 63.0 Å². The largest absolute Gasteiger partial charge is 0.311 e. The van der Waals surface area contributed by atoms with Crippen molar-refractivity contribution in [1.82, 2.24) is 24.5 Å². The molecule has 0 bridgehead atoms. The Morgan fingerprint density at radius 1 is 0.281 bits per heavy atom. The van der Waals surface area contributed by atoms with Crippen molar-refractivity contribution >= 4 is 79.0 Å². The predicted molar refractivity (Wildman–Crippen MR) is 369 cm³/mol. The third-order valence-electron chi connectivity index (χ3n) is 17.7. The van der Waals surface area contributed by atoms with E-state index in [1.54, 1.807) is 0 Å². The zero-order valence-corrected chi connectivity index (χ0v) is 48.7. The molecular weight excluding hydrogens is 1080 g/mol. The fourth-order valence-corrected chi connectivity index (χ4v) is 13.6. The van der Waals surface area contributed by atoms with Gasteiger partial charge in [-0.1, -0.05) is 218 Å². The second-order valence-electron chi connectivity index (χ2n) is 23.0. The van der Waals surface area contributed by atoms with Gasteiger partial charge in [0.2, 0.25) is 0 Å². The molecule has 7 nitrogen and oxygen atoms in total. The van der Waals surface area contributed by atoms with E-state index in [2.05, 4.69) is 306 Å². The summed E-state index contributed by atoms with van der Waals surface area (Å²) in [5.74, 6) is 1.24. The van der Waals surface area contributed by atoms with Crippen LogP contribution in [-0.2, 0) is 0 Å².